The fourth-order valence-electron chi connectivity index (χ4n) is 2.35. The minimum atomic E-state index is -0.698. The number of nitro groups is 1. The average molecular weight is 356 g/mol. The maximum Gasteiger partial charge on any atom is 0.338 e. The van der Waals surface area contributed by atoms with E-state index in [-0.39, 0.29) is 29.8 Å². The Hall–Kier alpha value is -3.22. The third-order valence-corrected chi connectivity index (χ3v) is 3.78. The Morgan fingerprint density at radius 2 is 1.69 bits per heavy atom. The van der Waals surface area contributed by atoms with Gasteiger partial charge in [0.2, 0.25) is 0 Å². The van der Waals surface area contributed by atoms with E-state index in [1.54, 1.807) is 4.90 Å². The van der Waals surface area contributed by atoms with Crippen LogP contribution in [0.3, 0.4) is 0 Å². The van der Waals surface area contributed by atoms with Crippen LogP contribution in [0.1, 0.15) is 29.8 Å². The van der Waals surface area contributed by atoms with Crippen LogP contribution in [0.15, 0.2) is 54.6 Å². The number of carbonyl (C=O) groups is 2. The molecule has 26 heavy (non-hydrogen) atoms. The summed E-state index contributed by atoms with van der Waals surface area (Å²) in [6.07, 6.45) is 0. The van der Waals surface area contributed by atoms with E-state index in [1.165, 1.54) is 24.3 Å². The average Bonchev–Trinajstić information content (AvgIpc) is 2.64. The number of nitro benzene ring substituents is 1. The summed E-state index contributed by atoms with van der Waals surface area (Å²) in [6.45, 7) is 3.81. The van der Waals surface area contributed by atoms with Crippen molar-refractivity contribution in [3.05, 3.63) is 75.8 Å². The molecule has 7 heteroatoms. The molecule has 7 nitrogen and oxygen atoms in total. The van der Waals surface area contributed by atoms with Crippen LogP contribution >= 0.6 is 0 Å². The summed E-state index contributed by atoms with van der Waals surface area (Å²) in [5, 5.41) is 10.6. The third-order valence-electron chi connectivity index (χ3n) is 3.78. The lowest BCUT2D eigenvalue weighted by atomic mass is 10.2. The molecule has 0 N–H and O–H groups in total. The van der Waals surface area contributed by atoms with Crippen LogP contribution in [0.25, 0.3) is 0 Å². The number of benzene rings is 2. The zero-order chi connectivity index (χ0) is 19.1. The molecule has 2 aromatic rings. The molecule has 0 radical (unpaired) electrons. The van der Waals surface area contributed by atoms with Crippen molar-refractivity contribution < 1.29 is 19.2 Å². The summed E-state index contributed by atoms with van der Waals surface area (Å²) < 4.78 is 5.06. The van der Waals surface area contributed by atoms with Crippen molar-refractivity contribution >= 4 is 17.6 Å². The van der Waals surface area contributed by atoms with Gasteiger partial charge in [0.25, 0.3) is 11.6 Å². The second kappa shape index (κ2) is 8.75. The van der Waals surface area contributed by atoms with Crippen molar-refractivity contribution in [3.63, 3.8) is 0 Å². The Kier molecular flexibility index (Phi) is 6.43. The van der Waals surface area contributed by atoms with E-state index in [4.69, 9.17) is 4.74 Å². The number of ether oxygens (including phenoxy) is 1. The van der Waals surface area contributed by atoms with Gasteiger partial charge in [-0.3, -0.25) is 14.9 Å². The molecule has 1 amide bonds. The summed E-state index contributed by atoms with van der Waals surface area (Å²) in [5.74, 6) is -1.00. The second-order valence-corrected chi connectivity index (χ2v) is 5.98. The van der Waals surface area contributed by atoms with Gasteiger partial charge in [-0.05, 0) is 31.5 Å². The van der Waals surface area contributed by atoms with Crippen molar-refractivity contribution in [2.75, 3.05) is 6.61 Å². The van der Waals surface area contributed by atoms with Gasteiger partial charge in [0.15, 0.2) is 6.61 Å². The first-order valence-corrected chi connectivity index (χ1v) is 8.13. The van der Waals surface area contributed by atoms with Gasteiger partial charge in [-0.15, -0.1) is 0 Å². The fourth-order valence-corrected chi connectivity index (χ4v) is 2.35. The molecule has 0 atom stereocenters. The molecular weight excluding hydrogens is 336 g/mol. The minimum Gasteiger partial charge on any atom is -0.452 e. The van der Waals surface area contributed by atoms with E-state index in [0.717, 1.165) is 5.56 Å². The number of rotatable bonds is 7. The van der Waals surface area contributed by atoms with Crippen LogP contribution in [0.2, 0.25) is 0 Å². The summed E-state index contributed by atoms with van der Waals surface area (Å²) in [6, 6.07) is 14.5. The zero-order valence-corrected chi connectivity index (χ0v) is 14.6. The predicted octanol–water partition coefficient (Wildman–Crippen LogP) is 3.19. The molecule has 136 valence electrons. The van der Waals surface area contributed by atoms with E-state index >= 15 is 0 Å². The van der Waals surface area contributed by atoms with Crippen LogP contribution in [0, 0.1) is 10.1 Å². The molecule has 0 saturated carbocycles. The van der Waals surface area contributed by atoms with Gasteiger partial charge < -0.3 is 9.64 Å². The minimum absolute atomic E-state index is 0.0548. The predicted molar refractivity (Wildman–Crippen MR) is 95.5 cm³/mol. The SMILES string of the molecule is CC(C)N(Cc1ccccc1)C(=O)COC(=O)c1ccc([N+](=O)[O-])cc1. The Labute approximate surface area is 151 Å². The molecule has 0 aliphatic rings. The molecule has 0 spiro atoms. The summed E-state index contributed by atoms with van der Waals surface area (Å²) >= 11 is 0. The summed E-state index contributed by atoms with van der Waals surface area (Å²) in [5.41, 5.74) is 1.02. The third kappa shape index (κ3) is 5.14. The van der Waals surface area contributed by atoms with E-state index < -0.39 is 10.9 Å². The highest BCUT2D eigenvalue weighted by Gasteiger charge is 2.19. The van der Waals surface area contributed by atoms with Crippen molar-refractivity contribution in [2.24, 2.45) is 0 Å². The monoisotopic (exact) mass is 356 g/mol. The second-order valence-electron chi connectivity index (χ2n) is 5.98. The Bertz CT molecular complexity index is 772. The van der Waals surface area contributed by atoms with E-state index in [9.17, 15) is 19.7 Å². The topological polar surface area (TPSA) is 89.8 Å². The molecule has 0 aliphatic carbocycles. The van der Waals surface area contributed by atoms with Gasteiger partial charge in [-0.25, -0.2) is 4.79 Å². The number of non-ortho nitro benzene ring substituents is 1. The number of hydrogen-bond donors (Lipinski definition) is 0. The smallest absolute Gasteiger partial charge is 0.338 e. The molecular formula is C19H20N2O5. The highest BCUT2D eigenvalue weighted by Crippen LogP contribution is 2.13. The number of nitrogens with zero attached hydrogens (tertiary/aromatic N) is 2. The summed E-state index contributed by atoms with van der Waals surface area (Å²) in [7, 11) is 0. The normalized spacial score (nSPS) is 10.4. The first kappa shape index (κ1) is 19.1. The number of esters is 1. The van der Waals surface area contributed by atoms with Crippen LogP contribution in [0.5, 0.6) is 0 Å². The lowest BCUT2D eigenvalue weighted by Crippen LogP contribution is -2.39. The largest absolute Gasteiger partial charge is 0.452 e. The summed E-state index contributed by atoms with van der Waals surface area (Å²) in [4.78, 5) is 36.1. The highest BCUT2D eigenvalue weighted by molar-refractivity contribution is 5.91. The highest BCUT2D eigenvalue weighted by atomic mass is 16.6. The standard InChI is InChI=1S/C19H20N2O5/c1-14(2)20(12-15-6-4-3-5-7-15)18(22)13-26-19(23)16-8-10-17(11-9-16)21(24)25/h3-11,14H,12-13H2,1-2H3. The Balaban J connectivity index is 1.96. The van der Waals surface area contributed by atoms with Crippen LogP contribution in [-0.4, -0.2) is 34.3 Å². The molecule has 0 fully saturated rings. The van der Waals surface area contributed by atoms with Crippen LogP contribution in [-0.2, 0) is 16.1 Å². The first-order chi connectivity index (χ1) is 12.4. The maximum absolute atomic E-state index is 12.4. The van der Waals surface area contributed by atoms with Crippen molar-refractivity contribution in [1.29, 1.82) is 0 Å². The fraction of sp³-hybridized carbons (Fsp3) is 0.263. The molecule has 0 aromatic heterocycles. The zero-order valence-electron chi connectivity index (χ0n) is 14.6. The first-order valence-electron chi connectivity index (χ1n) is 8.13. The molecule has 2 aromatic carbocycles. The lowest BCUT2D eigenvalue weighted by Gasteiger charge is -2.26. The van der Waals surface area contributed by atoms with E-state index in [1.807, 2.05) is 44.2 Å². The lowest BCUT2D eigenvalue weighted by molar-refractivity contribution is -0.384. The van der Waals surface area contributed by atoms with Crippen LogP contribution < -0.4 is 0 Å². The molecule has 0 unspecified atom stereocenters. The van der Waals surface area contributed by atoms with Gasteiger partial charge in [-0.1, -0.05) is 30.3 Å². The van der Waals surface area contributed by atoms with E-state index in [2.05, 4.69) is 0 Å². The maximum atomic E-state index is 12.4. The van der Waals surface area contributed by atoms with Gasteiger partial charge in [-0.2, -0.15) is 0 Å². The van der Waals surface area contributed by atoms with Crippen molar-refractivity contribution in [3.8, 4) is 0 Å². The number of hydrogen-bond acceptors (Lipinski definition) is 5. The molecule has 0 bridgehead atoms. The van der Waals surface area contributed by atoms with Crippen molar-refractivity contribution in [2.45, 2.75) is 26.4 Å². The number of amides is 1. The molecule has 2 rings (SSSR count). The Morgan fingerprint density at radius 1 is 1.08 bits per heavy atom. The Morgan fingerprint density at radius 3 is 2.23 bits per heavy atom. The van der Waals surface area contributed by atoms with Crippen LogP contribution in [0.4, 0.5) is 5.69 Å². The van der Waals surface area contributed by atoms with Gasteiger partial charge in [0.1, 0.15) is 0 Å². The van der Waals surface area contributed by atoms with Gasteiger partial charge in [0.05, 0.1) is 10.5 Å². The number of carbonyl (C=O) groups excluding carboxylic acids is 2. The van der Waals surface area contributed by atoms with Crippen molar-refractivity contribution in [1.82, 2.24) is 4.90 Å². The molecule has 0 aliphatic heterocycles. The van der Waals surface area contributed by atoms with E-state index in [0.29, 0.717) is 6.54 Å². The quantitative estimate of drug-likeness (QED) is 0.432. The van der Waals surface area contributed by atoms with Gasteiger partial charge >= 0.3 is 5.97 Å². The molecule has 0 saturated heterocycles. The molecule has 0 heterocycles. The van der Waals surface area contributed by atoms with Gasteiger partial charge in [0, 0.05) is 24.7 Å².